The van der Waals surface area contributed by atoms with Gasteiger partial charge in [-0.25, -0.2) is 0 Å². The van der Waals surface area contributed by atoms with E-state index in [1.165, 1.54) is 0 Å². The van der Waals surface area contributed by atoms with Gasteiger partial charge in [-0.15, -0.1) is 0 Å². The van der Waals surface area contributed by atoms with E-state index in [9.17, 15) is 9.59 Å². The largest absolute Gasteiger partial charge is 0.454 e. The van der Waals surface area contributed by atoms with Gasteiger partial charge in [0.05, 0.1) is 18.8 Å². The van der Waals surface area contributed by atoms with Crippen LogP contribution in [-0.4, -0.2) is 54.8 Å². The molecule has 0 radical (unpaired) electrons. The van der Waals surface area contributed by atoms with Crippen LogP contribution in [0.15, 0.2) is 18.2 Å². The van der Waals surface area contributed by atoms with Gasteiger partial charge in [-0.3, -0.25) is 9.59 Å². The van der Waals surface area contributed by atoms with Crippen LogP contribution in [0.3, 0.4) is 0 Å². The number of H-pyrrole nitrogens is 1. The zero-order valence-corrected chi connectivity index (χ0v) is 17.4. The number of hydrogen-bond acceptors (Lipinski definition) is 5. The lowest BCUT2D eigenvalue weighted by molar-refractivity contribution is -0.121. The van der Waals surface area contributed by atoms with E-state index >= 15 is 0 Å². The molecule has 2 amide bonds. The molecule has 1 aromatic heterocycles. The van der Waals surface area contributed by atoms with Crippen molar-refractivity contribution in [3.63, 3.8) is 0 Å². The van der Waals surface area contributed by atoms with Gasteiger partial charge in [0.1, 0.15) is 0 Å². The van der Waals surface area contributed by atoms with Gasteiger partial charge in [-0.1, -0.05) is 6.07 Å². The van der Waals surface area contributed by atoms with Crippen molar-refractivity contribution in [3.05, 3.63) is 46.3 Å². The van der Waals surface area contributed by atoms with E-state index in [-0.39, 0.29) is 18.6 Å². The summed E-state index contributed by atoms with van der Waals surface area (Å²) in [4.78, 5) is 30.4. The van der Waals surface area contributed by atoms with Crippen LogP contribution in [0.4, 0.5) is 0 Å². The van der Waals surface area contributed by atoms with Gasteiger partial charge in [0.2, 0.25) is 12.7 Å². The third kappa shape index (κ3) is 4.28. The number of morpholine rings is 1. The molecule has 2 N–H and O–H groups in total. The molecular weight excluding hydrogens is 386 g/mol. The lowest BCUT2D eigenvalue weighted by Gasteiger charge is -2.27. The Labute approximate surface area is 175 Å². The normalized spacial score (nSPS) is 15.3. The number of aromatic nitrogens is 1. The summed E-state index contributed by atoms with van der Waals surface area (Å²) in [6.45, 7) is 6.88. The predicted octanol–water partition coefficient (Wildman–Crippen LogP) is 2.08. The Morgan fingerprint density at radius 3 is 2.70 bits per heavy atom. The molecular formula is C22H27N3O5. The Kier molecular flexibility index (Phi) is 5.94. The zero-order chi connectivity index (χ0) is 21.1. The van der Waals surface area contributed by atoms with Crippen molar-refractivity contribution in [3.8, 4) is 11.5 Å². The number of nitrogens with zero attached hydrogens (tertiary/aromatic N) is 1. The van der Waals surface area contributed by atoms with Gasteiger partial charge in [-0.05, 0) is 43.5 Å². The maximum atomic E-state index is 12.9. The number of ether oxygens (including phenoxy) is 3. The fraction of sp³-hybridized carbons (Fsp3) is 0.455. The van der Waals surface area contributed by atoms with Crippen molar-refractivity contribution in [1.29, 1.82) is 0 Å². The number of aryl methyl sites for hydroxylation is 2. The number of hydrogen-bond donors (Lipinski definition) is 2. The fourth-order valence-electron chi connectivity index (χ4n) is 3.89. The highest BCUT2D eigenvalue weighted by atomic mass is 16.7. The minimum Gasteiger partial charge on any atom is -0.454 e. The van der Waals surface area contributed by atoms with Crippen LogP contribution in [0.2, 0.25) is 0 Å². The fourth-order valence-corrected chi connectivity index (χ4v) is 3.89. The Balaban J connectivity index is 1.32. The minimum atomic E-state index is -0.0413. The lowest BCUT2D eigenvalue weighted by atomic mass is 10.1. The summed E-state index contributed by atoms with van der Waals surface area (Å²) in [5.74, 6) is 1.42. The second-order valence-electron chi connectivity index (χ2n) is 7.60. The van der Waals surface area contributed by atoms with E-state index in [0.717, 1.165) is 28.3 Å². The third-order valence-electron chi connectivity index (χ3n) is 5.58. The Hall–Kier alpha value is -3.00. The molecule has 8 nitrogen and oxygen atoms in total. The molecule has 2 aliphatic rings. The zero-order valence-electron chi connectivity index (χ0n) is 17.4. The van der Waals surface area contributed by atoms with Gasteiger partial charge in [-0.2, -0.15) is 0 Å². The van der Waals surface area contributed by atoms with Crippen molar-refractivity contribution >= 4 is 11.8 Å². The third-order valence-corrected chi connectivity index (χ3v) is 5.58. The van der Waals surface area contributed by atoms with Gasteiger partial charge >= 0.3 is 0 Å². The Bertz CT molecular complexity index is 946. The van der Waals surface area contributed by atoms with Crippen LogP contribution in [0, 0.1) is 13.8 Å². The second-order valence-corrected chi connectivity index (χ2v) is 7.60. The van der Waals surface area contributed by atoms with E-state index < -0.39 is 0 Å². The van der Waals surface area contributed by atoms with E-state index in [1.54, 1.807) is 0 Å². The summed E-state index contributed by atoms with van der Waals surface area (Å²) < 4.78 is 16.0. The SMILES string of the molecule is Cc1[nH]c(CCC(=O)NCc2ccc3c(c2)OCO3)c(C)c1C(=O)N1CCOCC1. The summed E-state index contributed by atoms with van der Waals surface area (Å²) in [6, 6.07) is 5.64. The van der Waals surface area contributed by atoms with Crippen molar-refractivity contribution in [2.45, 2.75) is 33.2 Å². The van der Waals surface area contributed by atoms with E-state index in [2.05, 4.69) is 10.3 Å². The van der Waals surface area contributed by atoms with Crippen molar-refractivity contribution in [1.82, 2.24) is 15.2 Å². The molecule has 8 heteroatoms. The molecule has 0 saturated carbocycles. The van der Waals surface area contributed by atoms with Crippen LogP contribution >= 0.6 is 0 Å². The monoisotopic (exact) mass is 413 g/mol. The average Bonchev–Trinajstić information content (AvgIpc) is 3.34. The quantitative estimate of drug-likeness (QED) is 0.757. The molecule has 2 aliphatic heterocycles. The first kappa shape index (κ1) is 20.3. The summed E-state index contributed by atoms with van der Waals surface area (Å²) in [5.41, 5.74) is 4.38. The molecule has 1 aromatic carbocycles. The molecule has 30 heavy (non-hydrogen) atoms. The first-order valence-corrected chi connectivity index (χ1v) is 10.2. The van der Waals surface area contributed by atoms with Gasteiger partial charge in [0.25, 0.3) is 5.91 Å². The number of amides is 2. The molecule has 0 aliphatic carbocycles. The number of fused-ring (bicyclic) bond motifs is 1. The highest BCUT2D eigenvalue weighted by Crippen LogP contribution is 2.32. The second kappa shape index (κ2) is 8.79. The molecule has 160 valence electrons. The predicted molar refractivity (Wildman–Crippen MR) is 110 cm³/mol. The lowest BCUT2D eigenvalue weighted by Crippen LogP contribution is -2.41. The maximum absolute atomic E-state index is 12.9. The van der Waals surface area contributed by atoms with Crippen LogP contribution in [0.25, 0.3) is 0 Å². The maximum Gasteiger partial charge on any atom is 0.256 e. The average molecular weight is 413 g/mol. The number of carbonyl (C=O) groups excluding carboxylic acids is 2. The number of rotatable bonds is 6. The Morgan fingerprint density at radius 2 is 1.90 bits per heavy atom. The molecule has 1 saturated heterocycles. The van der Waals surface area contributed by atoms with Crippen LogP contribution in [0.1, 0.15) is 39.3 Å². The minimum absolute atomic E-state index is 0.0306. The molecule has 1 fully saturated rings. The summed E-state index contributed by atoms with van der Waals surface area (Å²) in [6.07, 6.45) is 0.895. The van der Waals surface area contributed by atoms with Gasteiger partial charge in [0.15, 0.2) is 11.5 Å². The number of nitrogens with one attached hydrogen (secondary N) is 2. The van der Waals surface area contributed by atoms with E-state index in [4.69, 9.17) is 14.2 Å². The van der Waals surface area contributed by atoms with Crippen molar-refractivity contribution in [2.24, 2.45) is 0 Å². The van der Waals surface area contributed by atoms with Gasteiger partial charge in [0, 0.05) is 37.4 Å². The van der Waals surface area contributed by atoms with E-state index in [1.807, 2.05) is 36.9 Å². The van der Waals surface area contributed by atoms with Crippen LogP contribution < -0.4 is 14.8 Å². The van der Waals surface area contributed by atoms with E-state index in [0.29, 0.717) is 57.0 Å². The van der Waals surface area contributed by atoms with Crippen molar-refractivity contribution < 1.29 is 23.8 Å². The highest BCUT2D eigenvalue weighted by Gasteiger charge is 2.24. The first-order valence-electron chi connectivity index (χ1n) is 10.2. The molecule has 2 aromatic rings. The number of benzene rings is 1. The number of aromatic amines is 1. The molecule has 0 spiro atoms. The number of carbonyl (C=O) groups is 2. The summed E-state index contributed by atoms with van der Waals surface area (Å²) in [7, 11) is 0. The molecule has 0 unspecified atom stereocenters. The summed E-state index contributed by atoms with van der Waals surface area (Å²) >= 11 is 0. The Morgan fingerprint density at radius 1 is 1.13 bits per heavy atom. The molecule has 4 rings (SSSR count). The van der Waals surface area contributed by atoms with Crippen LogP contribution in [-0.2, 0) is 22.5 Å². The van der Waals surface area contributed by atoms with Gasteiger partial charge < -0.3 is 29.4 Å². The molecule has 0 bridgehead atoms. The smallest absolute Gasteiger partial charge is 0.256 e. The topological polar surface area (TPSA) is 92.9 Å². The molecule has 3 heterocycles. The first-order chi connectivity index (χ1) is 14.5. The summed E-state index contributed by atoms with van der Waals surface area (Å²) in [5, 5.41) is 2.94. The highest BCUT2D eigenvalue weighted by molar-refractivity contribution is 5.97. The standard InChI is InChI=1S/C22H27N3O5/c1-14-17(24-15(2)21(14)22(27)25-7-9-28-10-8-25)4-6-20(26)23-12-16-3-5-18-19(11-16)30-13-29-18/h3,5,11,24H,4,6-10,12-13H2,1-2H3,(H,23,26). The van der Waals surface area contributed by atoms with Crippen molar-refractivity contribution in [2.75, 3.05) is 33.1 Å². The van der Waals surface area contributed by atoms with Crippen LogP contribution in [0.5, 0.6) is 11.5 Å². The molecule has 0 atom stereocenters.